The van der Waals surface area contributed by atoms with E-state index in [-0.39, 0.29) is 12.3 Å². The van der Waals surface area contributed by atoms with Crippen LogP contribution in [0.5, 0.6) is 5.75 Å². The largest absolute Gasteiger partial charge is 0.497 e. The zero-order valence-corrected chi connectivity index (χ0v) is 21.1. The van der Waals surface area contributed by atoms with Crippen LogP contribution in [0.25, 0.3) is 0 Å². The summed E-state index contributed by atoms with van der Waals surface area (Å²) in [6, 6.07) is 22.6. The summed E-state index contributed by atoms with van der Waals surface area (Å²) in [4.78, 5) is 28.7. The third-order valence-corrected chi connectivity index (χ3v) is 6.41. The van der Waals surface area contributed by atoms with Crippen molar-refractivity contribution in [2.45, 2.75) is 42.4 Å². The molecule has 0 aliphatic rings. The van der Waals surface area contributed by atoms with Gasteiger partial charge in [-0.3, -0.25) is 14.5 Å². The number of anilines is 1. The van der Waals surface area contributed by atoms with Crippen LogP contribution in [0, 0.1) is 0 Å². The summed E-state index contributed by atoms with van der Waals surface area (Å²) in [6.07, 6.45) is 1.66. The highest BCUT2D eigenvalue weighted by molar-refractivity contribution is 8.00. The maximum Gasteiger partial charge on any atom is 0.315 e. The second-order valence-corrected chi connectivity index (χ2v) is 9.42. The zero-order chi connectivity index (χ0) is 26.0. The molecule has 0 heterocycles. The van der Waals surface area contributed by atoms with Crippen molar-refractivity contribution < 1.29 is 23.1 Å². The van der Waals surface area contributed by atoms with Gasteiger partial charge in [-0.05, 0) is 48.4 Å². The van der Waals surface area contributed by atoms with Gasteiger partial charge in [0.05, 0.1) is 13.7 Å². The SMILES string of the molecule is CCCCC(=O)N(c1ccc(OC)cc1)C(C(=O)NCC(F)(F)Sc1ccccc1)c1ccccc1. The first-order valence-electron chi connectivity index (χ1n) is 11.8. The van der Waals surface area contributed by atoms with Gasteiger partial charge in [-0.1, -0.05) is 73.6 Å². The monoisotopic (exact) mass is 512 g/mol. The molecule has 36 heavy (non-hydrogen) atoms. The lowest BCUT2D eigenvalue weighted by molar-refractivity contribution is -0.127. The standard InChI is InChI=1S/C28H30F2N2O3S/c1-3-4-15-25(33)32(22-16-18-23(35-2)19-17-22)26(21-11-7-5-8-12-21)27(34)31-20-28(29,30)36-24-13-9-6-10-14-24/h5-14,16-19,26H,3-4,15,20H2,1-2H3,(H,31,34). The van der Waals surface area contributed by atoms with Gasteiger partial charge in [0.2, 0.25) is 11.8 Å². The Morgan fingerprint density at radius 2 is 1.58 bits per heavy atom. The molecular weight excluding hydrogens is 482 g/mol. The van der Waals surface area contributed by atoms with Crippen LogP contribution in [-0.4, -0.2) is 30.7 Å². The highest BCUT2D eigenvalue weighted by Crippen LogP contribution is 2.36. The third kappa shape index (κ3) is 7.55. The van der Waals surface area contributed by atoms with Crippen LogP contribution in [-0.2, 0) is 9.59 Å². The first-order valence-corrected chi connectivity index (χ1v) is 12.6. The number of carbonyl (C=O) groups is 2. The van der Waals surface area contributed by atoms with Crippen LogP contribution in [0.1, 0.15) is 37.8 Å². The van der Waals surface area contributed by atoms with Crippen LogP contribution < -0.4 is 15.0 Å². The Hall–Kier alpha value is -3.39. The number of thioether (sulfide) groups is 1. The van der Waals surface area contributed by atoms with Gasteiger partial charge in [0.1, 0.15) is 11.8 Å². The van der Waals surface area contributed by atoms with E-state index in [1.165, 1.54) is 12.0 Å². The number of carbonyl (C=O) groups excluding carboxylic acids is 2. The van der Waals surface area contributed by atoms with Crippen molar-refractivity contribution in [3.05, 3.63) is 90.5 Å². The lowest BCUT2D eigenvalue weighted by atomic mass is 10.0. The van der Waals surface area contributed by atoms with Crippen LogP contribution >= 0.6 is 11.8 Å². The molecule has 3 aromatic rings. The second-order valence-electron chi connectivity index (χ2n) is 8.15. The maximum atomic E-state index is 14.7. The van der Waals surface area contributed by atoms with E-state index >= 15 is 0 Å². The molecule has 1 N–H and O–H groups in total. The van der Waals surface area contributed by atoms with Crippen molar-refractivity contribution in [2.75, 3.05) is 18.6 Å². The number of alkyl halides is 2. The van der Waals surface area contributed by atoms with Crippen LogP contribution in [0.15, 0.2) is 89.8 Å². The molecule has 5 nitrogen and oxygen atoms in total. The fourth-order valence-electron chi connectivity index (χ4n) is 3.67. The fourth-order valence-corrected chi connectivity index (χ4v) is 4.45. The van der Waals surface area contributed by atoms with Gasteiger partial charge in [-0.2, -0.15) is 8.78 Å². The minimum Gasteiger partial charge on any atom is -0.497 e. The minimum absolute atomic E-state index is 0.221. The molecule has 3 aromatic carbocycles. The molecule has 1 unspecified atom stereocenters. The smallest absolute Gasteiger partial charge is 0.315 e. The number of unbranched alkanes of at least 4 members (excludes halogenated alkanes) is 1. The Bertz CT molecular complexity index is 1110. The molecule has 0 radical (unpaired) electrons. The summed E-state index contributed by atoms with van der Waals surface area (Å²) in [5.74, 6) is -0.357. The normalized spacial score (nSPS) is 12.0. The van der Waals surface area contributed by atoms with Crippen molar-refractivity contribution in [1.82, 2.24) is 5.32 Å². The molecule has 0 saturated heterocycles. The predicted octanol–water partition coefficient (Wildman–Crippen LogP) is 6.46. The van der Waals surface area contributed by atoms with E-state index in [1.807, 2.05) is 6.92 Å². The number of rotatable bonds is 12. The Morgan fingerprint density at radius 1 is 0.972 bits per heavy atom. The number of nitrogens with one attached hydrogen (secondary N) is 1. The van der Waals surface area contributed by atoms with Gasteiger partial charge in [-0.25, -0.2) is 0 Å². The first kappa shape index (κ1) is 27.2. The molecule has 3 rings (SSSR count). The van der Waals surface area contributed by atoms with Gasteiger partial charge in [-0.15, -0.1) is 0 Å². The average molecular weight is 513 g/mol. The first-order chi connectivity index (χ1) is 17.3. The summed E-state index contributed by atoms with van der Waals surface area (Å²) in [6.45, 7) is 1.09. The molecule has 1 atom stereocenters. The number of amides is 2. The number of benzene rings is 3. The van der Waals surface area contributed by atoms with Crippen LogP contribution in [0.3, 0.4) is 0 Å². The second kappa shape index (κ2) is 13.1. The average Bonchev–Trinajstić information content (AvgIpc) is 2.90. The van der Waals surface area contributed by atoms with Crippen molar-refractivity contribution in [1.29, 1.82) is 0 Å². The van der Waals surface area contributed by atoms with E-state index in [9.17, 15) is 18.4 Å². The summed E-state index contributed by atoms with van der Waals surface area (Å²) in [7, 11) is 1.53. The number of halogens is 2. The van der Waals surface area contributed by atoms with Crippen molar-refractivity contribution in [2.24, 2.45) is 0 Å². The molecule has 0 aliphatic heterocycles. The molecule has 0 spiro atoms. The van der Waals surface area contributed by atoms with E-state index in [4.69, 9.17) is 4.74 Å². The Morgan fingerprint density at radius 3 is 2.17 bits per heavy atom. The number of hydrogen-bond acceptors (Lipinski definition) is 4. The molecule has 8 heteroatoms. The summed E-state index contributed by atoms with van der Waals surface area (Å²) in [5.41, 5.74) is 1.00. The van der Waals surface area contributed by atoms with Crippen molar-refractivity contribution in [3.8, 4) is 5.75 Å². The van der Waals surface area contributed by atoms with E-state index < -0.39 is 23.7 Å². The Labute approximate surface area is 214 Å². The molecule has 2 amide bonds. The third-order valence-electron chi connectivity index (χ3n) is 5.46. The van der Waals surface area contributed by atoms with E-state index in [1.54, 1.807) is 84.9 Å². The lowest BCUT2D eigenvalue weighted by Gasteiger charge is -2.32. The van der Waals surface area contributed by atoms with Crippen molar-refractivity contribution in [3.63, 3.8) is 0 Å². The molecule has 0 saturated carbocycles. The zero-order valence-electron chi connectivity index (χ0n) is 20.3. The number of methoxy groups -OCH3 is 1. The molecule has 0 aromatic heterocycles. The van der Waals surface area contributed by atoms with Gasteiger partial charge in [0.15, 0.2) is 0 Å². The number of ether oxygens (including phenoxy) is 1. The highest BCUT2D eigenvalue weighted by atomic mass is 32.2. The van der Waals surface area contributed by atoms with Gasteiger partial charge >= 0.3 is 5.25 Å². The van der Waals surface area contributed by atoms with Crippen molar-refractivity contribution >= 4 is 29.3 Å². The highest BCUT2D eigenvalue weighted by Gasteiger charge is 2.36. The van der Waals surface area contributed by atoms with E-state index in [0.717, 1.165) is 6.42 Å². The summed E-state index contributed by atoms with van der Waals surface area (Å²) in [5, 5.41) is -0.843. The molecular formula is C28H30F2N2O3S. The predicted molar refractivity (Wildman–Crippen MR) is 139 cm³/mol. The molecule has 0 bridgehead atoms. The quantitative estimate of drug-likeness (QED) is 0.283. The Kier molecular flexibility index (Phi) is 9.87. The molecule has 190 valence electrons. The van der Waals surface area contributed by atoms with E-state index in [0.29, 0.717) is 40.1 Å². The molecule has 0 fully saturated rings. The summed E-state index contributed by atoms with van der Waals surface area (Å²) >= 11 is 0.379. The number of nitrogens with zero attached hydrogens (tertiary/aromatic N) is 1. The fraction of sp³-hybridized carbons (Fsp3) is 0.286. The van der Waals surface area contributed by atoms with Crippen LogP contribution in [0.2, 0.25) is 0 Å². The van der Waals surface area contributed by atoms with Gasteiger partial charge < -0.3 is 10.1 Å². The summed E-state index contributed by atoms with van der Waals surface area (Å²) < 4.78 is 34.7. The lowest BCUT2D eigenvalue weighted by Crippen LogP contribution is -2.46. The van der Waals surface area contributed by atoms with E-state index in [2.05, 4.69) is 5.32 Å². The topological polar surface area (TPSA) is 58.6 Å². The minimum atomic E-state index is -3.24. The maximum absolute atomic E-state index is 14.7. The number of hydrogen-bond donors (Lipinski definition) is 1. The van der Waals surface area contributed by atoms with Gasteiger partial charge in [0.25, 0.3) is 0 Å². The van der Waals surface area contributed by atoms with Gasteiger partial charge in [0, 0.05) is 17.0 Å². The molecule has 0 aliphatic carbocycles. The Balaban J connectivity index is 1.91. The van der Waals surface area contributed by atoms with Crippen LogP contribution in [0.4, 0.5) is 14.5 Å².